The second-order valence-electron chi connectivity index (χ2n) is 6.36. The van der Waals surface area contributed by atoms with Gasteiger partial charge >= 0.3 is 6.18 Å². The van der Waals surface area contributed by atoms with Gasteiger partial charge in [-0.3, -0.25) is 4.99 Å². The Morgan fingerprint density at radius 3 is 2.64 bits per heavy atom. The molecule has 2 aromatic heterocycles. The highest BCUT2D eigenvalue weighted by Crippen LogP contribution is 2.30. The number of aromatic amines is 1. The van der Waals surface area contributed by atoms with Crippen LogP contribution in [0.2, 0.25) is 0 Å². The SMILES string of the molecule is CN=C(NCCc1nc(C(F)(F)F)cs1)NCCc1c[nH]c2cccc(C)c12. The molecule has 0 atom stereocenters. The van der Waals surface area contributed by atoms with Crippen LogP contribution in [-0.4, -0.2) is 36.1 Å². The lowest BCUT2D eigenvalue weighted by Crippen LogP contribution is -2.39. The van der Waals surface area contributed by atoms with E-state index < -0.39 is 11.9 Å². The summed E-state index contributed by atoms with van der Waals surface area (Å²) in [6, 6.07) is 6.18. The zero-order valence-electron chi connectivity index (χ0n) is 15.7. The highest BCUT2D eigenvalue weighted by atomic mass is 32.1. The summed E-state index contributed by atoms with van der Waals surface area (Å²) in [4.78, 5) is 11.1. The van der Waals surface area contributed by atoms with E-state index in [0.29, 0.717) is 30.5 Å². The third-order valence-electron chi connectivity index (χ3n) is 4.38. The van der Waals surface area contributed by atoms with Gasteiger partial charge in [0.2, 0.25) is 0 Å². The number of nitrogens with zero attached hydrogens (tertiary/aromatic N) is 2. The van der Waals surface area contributed by atoms with Crippen molar-refractivity contribution in [3.8, 4) is 0 Å². The van der Waals surface area contributed by atoms with Crippen molar-refractivity contribution in [2.45, 2.75) is 25.9 Å². The number of aryl methyl sites for hydroxylation is 1. The molecule has 0 amide bonds. The fourth-order valence-corrected chi connectivity index (χ4v) is 3.83. The molecule has 28 heavy (non-hydrogen) atoms. The average molecular weight is 409 g/mol. The van der Waals surface area contributed by atoms with Crippen LogP contribution in [0.25, 0.3) is 10.9 Å². The molecule has 3 rings (SSSR count). The second-order valence-corrected chi connectivity index (χ2v) is 7.30. The molecule has 3 aromatic rings. The van der Waals surface area contributed by atoms with Crippen molar-refractivity contribution >= 4 is 28.2 Å². The van der Waals surface area contributed by atoms with Gasteiger partial charge in [0.15, 0.2) is 11.7 Å². The summed E-state index contributed by atoms with van der Waals surface area (Å²) >= 11 is 1.02. The van der Waals surface area contributed by atoms with E-state index in [1.54, 1.807) is 7.05 Å². The summed E-state index contributed by atoms with van der Waals surface area (Å²) < 4.78 is 37.7. The van der Waals surface area contributed by atoms with E-state index in [1.165, 1.54) is 16.5 Å². The number of halogens is 3. The first-order chi connectivity index (χ1) is 13.4. The number of aromatic nitrogens is 2. The zero-order chi connectivity index (χ0) is 20.1. The Morgan fingerprint density at radius 1 is 1.21 bits per heavy atom. The van der Waals surface area contributed by atoms with Gasteiger partial charge in [-0.05, 0) is 30.5 Å². The van der Waals surface area contributed by atoms with E-state index in [-0.39, 0.29) is 0 Å². The van der Waals surface area contributed by atoms with Crippen LogP contribution < -0.4 is 10.6 Å². The maximum Gasteiger partial charge on any atom is 0.434 e. The molecule has 0 radical (unpaired) electrons. The smallest absolute Gasteiger partial charge is 0.361 e. The van der Waals surface area contributed by atoms with Gasteiger partial charge in [0, 0.05) is 49.0 Å². The molecule has 0 saturated carbocycles. The normalized spacial score (nSPS) is 12.5. The van der Waals surface area contributed by atoms with Crippen LogP contribution in [0.5, 0.6) is 0 Å². The number of hydrogen-bond donors (Lipinski definition) is 3. The Bertz CT molecular complexity index is 958. The molecule has 0 spiro atoms. The molecule has 0 fully saturated rings. The van der Waals surface area contributed by atoms with Crippen molar-refractivity contribution in [1.82, 2.24) is 20.6 Å². The molecule has 1 aromatic carbocycles. The van der Waals surface area contributed by atoms with Gasteiger partial charge in [-0.15, -0.1) is 11.3 Å². The minimum Gasteiger partial charge on any atom is -0.361 e. The molecule has 0 aliphatic heterocycles. The van der Waals surface area contributed by atoms with Crippen molar-refractivity contribution in [2.24, 2.45) is 4.99 Å². The van der Waals surface area contributed by atoms with Gasteiger partial charge in [0.05, 0.1) is 5.01 Å². The Kier molecular flexibility index (Phi) is 6.23. The molecule has 150 valence electrons. The third-order valence-corrected chi connectivity index (χ3v) is 5.29. The standard InChI is InChI=1S/C19H22F3N5S/c1-12-4-3-5-14-17(12)13(10-26-14)6-8-24-18(23-2)25-9-7-16-27-15(11-28-16)19(20,21)22/h3-5,10-11,26H,6-9H2,1-2H3,(H2,23,24,25). The van der Waals surface area contributed by atoms with Crippen molar-refractivity contribution in [3.63, 3.8) is 0 Å². The molecule has 0 bridgehead atoms. The Labute approximate surface area is 165 Å². The minimum atomic E-state index is -4.39. The molecule has 0 unspecified atom stereocenters. The number of nitrogens with one attached hydrogen (secondary N) is 3. The average Bonchev–Trinajstić information content (AvgIpc) is 3.28. The topological polar surface area (TPSA) is 65.1 Å². The van der Waals surface area contributed by atoms with Crippen LogP contribution in [0, 0.1) is 6.92 Å². The van der Waals surface area contributed by atoms with Crippen LogP contribution in [0.3, 0.4) is 0 Å². The summed E-state index contributed by atoms with van der Waals surface area (Å²) in [5, 5.41) is 9.09. The van der Waals surface area contributed by atoms with Crippen molar-refractivity contribution in [2.75, 3.05) is 20.1 Å². The summed E-state index contributed by atoms with van der Waals surface area (Å²) in [5.74, 6) is 0.615. The third kappa shape index (κ3) is 4.83. The molecule has 0 aliphatic carbocycles. The number of alkyl halides is 3. The molecule has 2 heterocycles. The summed E-state index contributed by atoms with van der Waals surface area (Å²) in [7, 11) is 1.66. The van der Waals surface area contributed by atoms with Crippen LogP contribution in [0.1, 0.15) is 21.8 Å². The summed E-state index contributed by atoms with van der Waals surface area (Å²) in [5.41, 5.74) is 2.76. The number of guanidine groups is 1. The summed E-state index contributed by atoms with van der Waals surface area (Å²) in [6.45, 7) is 3.24. The van der Waals surface area contributed by atoms with Gasteiger partial charge in [0.1, 0.15) is 0 Å². The van der Waals surface area contributed by atoms with Crippen molar-refractivity contribution < 1.29 is 13.2 Å². The molecule has 0 aliphatic rings. The van der Waals surface area contributed by atoms with E-state index >= 15 is 0 Å². The number of thiazole rings is 1. The van der Waals surface area contributed by atoms with E-state index in [9.17, 15) is 13.2 Å². The first-order valence-corrected chi connectivity index (χ1v) is 9.78. The molecule has 5 nitrogen and oxygen atoms in total. The Morgan fingerprint density at radius 2 is 1.96 bits per heavy atom. The maximum absolute atomic E-state index is 12.6. The van der Waals surface area contributed by atoms with E-state index in [4.69, 9.17) is 0 Å². The largest absolute Gasteiger partial charge is 0.434 e. The number of fused-ring (bicyclic) bond motifs is 1. The highest BCUT2D eigenvalue weighted by Gasteiger charge is 2.33. The van der Waals surface area contributed by atoms with Crippen LogP contribution in [0.4, 0.5) is 13.2 Å². The highest BCUT2D eigenvalue weighted by molar-refractivity contribution is 7.09. The van der Waals surface area contributed by atoms with Gasteiger partial charge in [-0.1, -0.05) is 12.1 Å². The lowest BCUT2D eigenvalue weighted by atomic mass is 10.1. The molecular weight excluding hydrogens is 387 g/mol. The lowest BCUT2D eigenvalue weighted by Gasteiger charge is -2.11. The quantitative estimate of drug-likeness (QED) is 0.427. The Hall–Kier alpha value is -2.55. The minimum absolute atomic E-state index is 0.406. The predicted octanol–water partition coefficient (Wildman–Crippen LogP) is 3.90. The van der Waals surface area contributed by atoms with E-state index in [2.05, 4.69) is 44.7 Å². The van der Waals surface area contributed by atoms with Gasteiger partial charge in [-0.2, -0.15) is 13.2 Å². The van der Waals surface area contributed by atoms with Gasteiger partial charge in [-0.25, -0.2) is 4.98 Å². The summed E-state index contributed by atoms with van der Waals surface area (Å²) in [6.07, 6.45) is -1.13. The number of aliphatic imine (C=N–C) groups is 1. The number of hydrogen-bond acceptors (Lipinski definition) is 3. The predicted molar refractivity (Wildman–Crippen MR) is 107 cm³/mol. The lowest BCUT2D eigenvalue weighted by molar-refractivity contribution is -0.140. The molecule has 3 N–H and O–H groups in total. The monoisotopic (exact) mass is 409 g/mol. The number of benzene rings is 1. The van der Waals surface area contributed by atoms with E-state index in [0.717, 1.165) is 28.7 Å². The van der Waals surface area contributed by atoms with E-state index in [1.807, 2.05) is 12.3 Å². The fourth-order valence-electron chi connectivity index (χ4n) is 3.03. The van der Waals surface area contributed by atoms with Crippen LogP contribution in [0.15, 0.2) is 34.8 Å². The Balaban J connectivity index is 1.46. The second kappa shape index (κ2) is 8.64. The fraction of sp³-hybridized carbons (Fsp3) is 0.368. The molecular formula is C19H22F3N5S. The first kappa shape index (κ1) is 20.2. The zero-order valence-corrected chi connectivity index (χ0v) is 16.5. The van der Waals surface area contributed by atoms with Crippen LogP contribution >= 0.6 is 11.3 Å². The van der Waals surface area contributed by atoms with Crippen LogP contribution in [-0.2, 0) is 19.0 Å². The van der Waals surface area contributed by atoms with Gasteiger partial charge in [0.25, 0.3) is 0 Å². The first-order valence-electron chi connectivity index (χ1n) is 8.90. The maximum atomic E-state index is 12.6. The number of rotatable bonds is 6. The van der Waals surface area contributed by atoms with Crippen molar-refractivity contribution in [3.05, 3.63) is 51.6 Å². The van der Waals surface area contributed by atoms with Crippen molar-refractivity contribution in [1.29, 1.82) is 0 Å². The molecule has 0 saturated heterocycles. The molecule has 9 heteroatoms. The number of H-pyrrole nitrogens is 1. The van der Waals surface area contributed by atoms with Gasteiger partial charge < -0.3 is 15.6 Å².